The van der Waals surface area contributed by atoms with Crippen LogP contribution in [0.2, 0.25) is 0 Å². The Labute approximate surface area is 72.2 Å². The van der Waals surface area contributed by atoms with E-state index in [9.17, 15) is 0 Å². The van der Waals surface area contributed by atoms with E-state index in [1.54, 1.807) is 0 Å². The summed E-state index contributed by atoms with van der Waals surface area (Å²) in [4.78, 5) is 0. The minimum atomic E-state index is 0. The maximum absolute atomic E-state index is 0. The molecule has 0 aliphatic rings. The molecule has 0 heterocycles. The molecule has 0 aromatic heterocycles. The molecule has 0 unspecified atom stereocenters. The van der Waals surface area contributed by atoms with E-state index in [1.165, 1.54) is 0 Å². The zero-order valence-electron chi connectivity index (χ0n) is 1.30. The quantitative estimate of drug-likeness (QED) is 0.524. The Morgan fingerprint density at radius 2 is 1.00 bits per heavy atom. The minimum Gasteiger partial charge on any atom is 0 e. The van der Waals surface area contributed by atoms with Gasteiger partial charge in [-0.2, -0.15) is 0 Å². The summed E-state index contributed by atoms with van der Waals surface area (Å²) in [5.74, 6) is 0. The van der Waals surface area contributed by atoms with Crippen molar-refractivity contribution in [3.63, 3.8) is 0 Å². The van der Waals surface area contributed by atoms with E-state index in [4.69, 9.17) is 0 Å². The van der Waals surface area contributed by atoms with Crippen molar-refractivity contribution in [3.8, 4) is 0 Å². The van der Waals surface area contributed by atoms with Gasteiger partial charge in [0.2, 0.25) is 0 Å². The van der Waals surface area contributed by atoms with Crippen LogP contribution in [0.1, 0.15) is 0 Å². The molecule has 0 aliphatic heterocycles. The van der Waals surface area contributed by atoms with Gasteiger partial charge in [0.15, 0.2) is 0 Å². The third-order valence-corrected chi connectivity index (χ3v) is 0. The van der Waals surface area contributed by atoms with Crippen LogP contribution in [0.5, 0.6) is 0 Å². The van der Waals surface area contributed by atoms with Gasteiger partial charge in [-0.1, -0.05) is 0 Å². The predicted octanol–water partition coefficient (Wildman–Crippen LogP) is -0.0100. The molecule has 39 valence electrons. The van der Waals surface area contributed by atoms with Crippen molar-refractivity contribution < 1.29 is 73.0 Å². The second kappa shape index (κ2) is 18.6. The zero-order valence-corrected chi connectivity index (χ0v) is 6.57. The van der Waals surface area contributed by atoms with E-state index in [1.807, 2.05) is 0 Å². The number of rotatable bonds is 0. The fourth-order valence-electron chi connectivity index (χ4n) is 0. The Hall–Kier alpha value is 2.27. The largest absolute Gasteiger partial charge is 0 e. The second-order valence-electron chi connectivity index (χ2n) is 0. The molecule has 4 heteroatoms. The van der Waals surface area contributed by atoms with Crippen molar-refractivity contribution in [1.82, 2.24) is 0 Å². The summed E-state index contributed by atoms with van der Waals surface area (Å²) in [6, 6.07) is 0. The molecule has 0 amide bonds. The van der Waals surface area contributed by atoms with Crippen molar-refractivity contribution in [1.29, 1.82) is 0 Å². The Morgan fingerprint density at radius 1 is 1.00 bits per heavy atom. The normalized spacial score (nSPS) is 0. The van der Waals surface area contributed by atoms with Crippen molar-refractivity contribution in [2.24, 2.45) is 0 Å². The van der Waals surface area contributed by atoms with Crippen LogP contribution >= 0.6 is 0 Å². The number of hydrogen-bond donors (Lipinski definition) is 0. The molecule has 0 atom stereocenters. The molecule has 0 aromatic rings. The van der Waals surface area contributed by atoms with Gasteiger partial charge in [-0.05, 0) is 0 Å². The van der Waals surface area contributed by atoms with Gasteiger partial charge in [0.25, 0.3) is 0 Å². The van der Waals surface area contributed by atoms with Crippen LogP contribution in [0.4, 0.5) is 0 Å². The SMILES string of the molecule is [Au].[Cu].[Mn].[Ni]. The molecule has 0 aliphatic carbocycles. The molecule has 0 spiro atoms. The first-order valence-corrected chi connectivity index (χ1v) is 0. The molecule has 0 aromatic carbocycles. The van der Waals surface area contributed by atoms with Gasteiger partial charge in [-0.15, -0.1) is 0 Å². The minimum absolute atomic E-state index is 0. The van der Waals surface area contributed by atoms with Gasteiger partial charge < -0.3 is 0 Å². The molecule has 3 radical (unpaired) electrons. The van der Waals surface area contributed by atoms with Crippen molar-refractivity contribution in [2.45, 2.75) is 0 Å². The number of hydrogen-bond acceptors (Lipinski definition) is 0. The van der Waals surface area contributed by atoms with E-state index in [2.05, 4.69) is 0 Å². The van der Waals surface area contributed by atoms with Crippen LogP contribution in [0, 0.1) is 0 Å². The first kappa shape index (κ1) is 33.8. The Balaban J connectivity index is 0. The van der Waals surface area contributed by atoms with Crippen molar-refractivity contribution in [2.75, 3.05) is 0 Å². The van der Waals surface area contributed by atoms with Gasteiger partial charge in [0, 0.05) is 73.0 Å². The summed E-state index contributed by atoms with van der Waals surface area (Å²) in [7, 11) is 0. The molecule has 0 fully saturated rings. The van der Waals surface area contributed by atoms with E-state index in [0.29, 0.717) is 0 Å². The van der Waals surface area contributed by atoms with Crippen LogP contribution in [0.25, 0.3) is 0 Å². The standard InChI is InChI=1S/Au.Cu.Mn.Ni. The Morgan fingerprint density at radius 3 is 1.00 bits per heavy atom. The third-order valence-electron chi connectivity index (χ3n) is 0. The van der Waals surface area contributed by atoms with Crippen LogP contribution in [0.3, 0.4) is 0 Å². The van der Waals surface area contributed by atoms with Crippen LogP contribution < -0.4 is 0 Å². The average molecular weight is 374 g/mol. The van der Waals surface area contributed by atoms with Crippen LogP contribution in [-0.2, 0) is 73.0 Å². The summed E-state index contributed by atoms with van der Waals surface area (Å²) in [5, 5.41) is 0. The molecular formula is AuCuMnNi. The van der Waals surface area contributed by atoms with E-state index in [-0.39, 0.29) is 73.0 Å². The van der Waals surface area contributed by atoms with E-state index in [0.717, 1.165) is 0 Å². The fourth-order valence-corrected chi connectivity index (χ4v) is 0. The molecular weight excluding hydrogens is 374 g/mol. The second-order valence-corrected chi connectivity index (χ2v) is 0. The van der Waals surface area contributed by atoms with Crippen molar-refractivity contribution >= 4 is 0 Å². The molecule has 0 N–H and O–H groups in total. The van der Waals surface area contributed by atoms with E-state index < -0.39 is 0 Å². The van der Waals surface area contributed by atoms with Crippen molar-refractivity contribution in [3.05, 3.63) is 0 Å². The van der Waals surface area contributed by atoms with Gasteiger partial charge >= 0.3 is 0 Å². The first-order valence-electron chi connectivity index (χ1n) is 0. The Kier molecular flexibility index (Phi) is 157. The molecule has 0 rings (SSSR count). The van der Waals surface area contributed by atoms with Crippen LogP contribution in [-0.4, -0.2) is 0 Å². The van der Waals surface area contributed by atoms with Crippen LogP contribution in [0.15, 0.2) is 0 Å². The summed E-state index contributed by atoms with van der Waals surface area (Å²) in [5.41, 5.74) is 0. The van der Waals surface area contributed by atoms with Gasteiger partial charge in [-0.25, -0.2) is 0 Å². The third kappa shape index (κ3) is 8.86. The summed E-state index contributed by atoms with van der Waals surface area (Å²) in [6.45, 7) is 0. The maximum Gasteiger partial charge on any atom is 0 e. The first-order chi connectivity index (χ1) is 0. The molecule has 4 heavy (non-hydrogen) atoms. The topological polar surface area (TPSA) is 0 Å². The average Bonchev–Trinajstić information content (AvgIpc) is 0. The van der Waals surface area contributed by atoms with Gasteiger partial charge in [0.1, 0.15) is 0 Å². The fraction of sp³-hybridized carbons (Fsp3) is 0. The molecule has 0 bridgehead atoms. The van der Waals surface area contributed by atoms with E-state index >= 15 is 0 Å². The summed E-state index contributed by atoms with van der Waals surface area (Å²) in [6.07, 6.45) is 0. The smallest absolute Gasteiger partial charge is 0 e. The predicted molar refractivity (Wildman–Crippen MR) is 0 cm³/mol. The van der Waals surface area contributed by atoms with Gasteiger partial charge in [0.05, 0.1) is 0 Å². The zero-order chi connectivity index (χ0) is 0. The maximum atomic E-state index is 0. The van der Waals surface area contributed by atoms with Gasteiger partial charge in [-0.3, -0.25) is 0 Å². The summed E-state index contributed by atoms with van der Waals surface area (Å²) >= 11 is 0. The molecule has 0 saturated carbocycles. The summed E-state index contributed by atoms with van der Waals surface area (Å²) < 4.78 is 0. The monoisotopic (exact) mass is 373 g/mol. The molecule has 0 saturated heterocycles. The Bertz CT molecular complexity index is 8.00. The molecule has 0 nitrogen and oxygen atoms in total.